The zero-order valence-corrected chi connectivity index (χ0v) is 9.09. The van der Waals surface area contributed by atoms with Gasteiger partial charge in [-0.3, -0.25) is 0 Å². The number of furan rings is 1. The molecule has 1 heterocycles. The van der Waals surface area contributed by atoms with Crippen molar-refractivity contribution < 1.29 is 9.25 Å². The van der Waals surface area contributed by atoms with Crippen LogP contribution in [-0.4, -0.2) is 6.21 Å². The van der Waals surface area contributed by atoms with Crippen molar-refractivity contribution in [3.8, 4) is 0 Å². The number of oxime groups is 1. The van der Waals surface area contributed by atoms with Crippen molar-refractivity contribution in [1.29, 1.82) is 0 Å². The van der Waals surface area contributed by atoms with Crippen LogP contribution in [0.4, 0.5) is 0 Å². The lowest BCUT2D eigenvalue weighted by atomic mass is 10.2. The first-order valence-corrected chi connectivity index (χ1v) is 5.10. The van der Waals surface area contributed by atoms with E-state index in [1.54, 1.807) is 6.21 Å². The van der Waals surface area contributed by atoms with Crippen LogP contribution >= 0.6 is 0 Å². The van der Waals surface area contributed by atoms with E-state index >= 15 is 0 Å². The Labute approximate surface area is 94.3 Å². The van der Waals surface area contributed by atoms with Gasteiger partial charge in [0.05, 0.1) is 0 Å². The third-order valence-corrected chi connectivity index (χ3v) is 2.09. The number of nitrogens with zero attached hydrogens (tertiary/aromatic N) is 1. The van der Waals surface area contributed by atoms with Crippen LogP contribution in [0.3, 0.4) is 0 Å². The van der Waals surface area contributed by atoms with Crippen LogP contribution in [0.5, 0.6) is 0 Å². The Hall–Kier alpha value is -2.03. The normalized spacial score (nSPS) is 10.8. The minimum Gasteiger partial charge on any atom is -0.460 e. The Balaban J connectivity index is 1.82. The van der Waals surface area contributed by atoms with E-state index in [0.29, 0.717) is 12.4 Å². The SMILES string of the molecule is Cc1ccc(/C=N\OCc2ccccc2)o1. The molecule has 3 nitrogen and oxygen atoms in total. The molecule has 0 radical (unpaired) electrons. The largest absolute Gasteiger partial charge is 0.460 e. The van der Waals surface area contributed by atoms with Crippen molar-refractivity contribution in [1.82, 2.24) is 0 Å². The van der Waals surface area contributed by atoms with E-state index in [1.165, 1.54) is 0 Å². The molecule has 82 valence electrons. The average molecular weight is 215 g/mol. The van der Waals surface area contributed by atoms with Gasteiger partial charge in [-0.25, -0.2) is 0 Å². The molecule has 1 aromatic carbocycles. The first-order valence-electron chi connectivity index (χ1n) is 5.10. The summed E-state index contributed by atoms with van der Waals surface area (Å²) in [5.74, 6) is 1.56. The molecule has 0 amide bonds. The molecule has 0 bridgehead atoms. The Bertz CT molecular complexity index is 460. The number of benzene rings is 1. The fourth-order valence-electron chi connectivity index (χ4n) is 1.30. The fraction of sp³-hybridized carbons (Fsp3) is 0.154. The summed E-state index contributed by atoms with van der Waals surface area (Å²) in [6.45, 7) is 2.36. The highest BCUT2D eigenvalue weighted by Crippen LogP contribution is 2.04. The van der Waals surface area contributed by atoms with E-state index in [-0.39, 0.29) is 0 Å². The first-order chi connectivity index (χ1) is 7.84. The van der Waals surface area contributed by atoms with E-state index in [2.05, 4.69) is 5.16 Å². The number of hydrogen-bond donors (Lipinski definition) is 0. The second-order valence-electron chi connectivity index (χ2n) is 3.44. The molecule has 3 heteroatoms. The van der Waals surface area contributed by atoms with E-state index in [4.69, 9.17) is 9.25 Å². The molecule has 2 rings (SSSR count). The van der Waals surface area contributed by atoms with Crippen molar-refractivity contribution in [3.05, 3.63) is 59.5 Å². The molecule has 1 aromatic heterocycles. The van der Waals surface area contributed by atoms with E-state index in [9.17, 15) is 0 Å². The monoisotopic (exact) mass is 215 g/mol. The van der Waals surface area contributed by atoms with Gasteiger partial charge in [0.1, 0.15) is 24.3 Å². The quantitative estimate of drug-likeness (QED) is 0.580. The standard InChI is InChI=1S/C13H13NO2/c1-11-7-8-13(16-11)9-14-15-10-12-5-3-2-4-6-12/h2-9H,10H2,1H3/b14-9-. The van der Waals surface area contributed by atoms with Gasteiger partial charge in [0.2, 0.25) is 0 Å². The van der Waals surface area contributed by atoms with Crippen molar-refractivity contribution >= 4 is 6.21 Å². The Morgan fingerprint density at radius 1 is 1.19 bits per heavy atom. The van der Waals surface area contributed by atoms with Gasteiger partial charge < -0.3 is 9.25 Å². The maximum atomic E-state index is 5.31. The number of aryl methyl sites for hydroxylation is 1. The maximum Gasteiger partial charge on any atom is 0.148 e. The summed E-state index contributed by atoms with van der Waals surface area (Å²) in [6.07, 6.45) is 1.57. The van der Waals surface area contributed by atoms with Gasteiger partial charge in [0.25, 0.3) is 0 Å². The van der Waals surface area contributed by atoms with Crippen LogP contribution in [0.15, 0.2) is 52.0 Å². The van der Waals surface area contributed by atoms with Crippen LogP contribution in [0, 0.1) is 6.92 Å². The number of hydrogen-bond acceptors (Lipinski definition) is 3. The predicted molar refractivity (Wildman–Crippen MR) is 62.3 cm³/mol. The van der Waals surface area contributed by atoms with Gasteiger partial charge in [0, 0.05) is 0 Å². The molecule has 16 heavy (non-hydrogen) atoms. The van der Waals surface area contributed by atoms with E-state index in [0.717, 1.165) is 11.3 Å². The third-order valence-electron chi connectivity index (χ3n) is 2.09. The molecule has 0 saturated carbocycles. The Kier molecular flexibility index (Phi) is 3.38. The minimum atomic E-state index is 0.469. The van der Waals surface area contributed by atoms with Crippen LogP contribution < -0.4 is 0 Å². The second kappa shape index (κ2) is 5.16. The zero-order chi connectivity index (χ0) is 11.2. The average Bonchev–Trinajstić information content (AvgIpc) is 2.72. The van der Waals surface area contributed by atoms with Crippen LogP contribution in [-0.2, 0) is 11.4 Å². The highest BCUT2D eigenvalue weighted by atomic mass is 16.6. The highest BCUT2D eigenvalue weighted by molar-refractivity contribution is 5.75. The van der Waals surface area contributed by atoms with Crippen LogP contribution in [0.25, 0.3) is 0 Å². The van der Waals surface area contributed by atoms with Crippen LogP contribution in [0.1, 0.15) is 17.1 Å². The topological polar surface area (TPSA) is 34.7 Å². The molecular weight excluding hydrogens is 202 g/mol. The Morgan fingerprint density at radius 2 is 2.00 bits per heavy atom. The summed E-state index contributed by atoms with van der Waals surface area (Å²) in [4.78, 5) is 5.14. The molecule has 0 atom stereocenters. The van der Waals surface area contributed by atoms with Crippen LogP contribution in [0.2, 0.25) is 0 Å². The molecule has 0 aliphatic rings. The van der Waals surface area contributed by atoms with E-state index in [1.807, 2.05) is 49.4 Å². The zero-order valence-electron chi connectivity index (χ0n) is 9.09. The summed E-state index contributed by atoms with van der Waals surface area (Å²) >= 11 is 0. The van der Waals surface area contributed by atoms with Crippen molar-refractivity contribution in [3.63, 3.8) is 0 Å². The minimum absolute atomic E-state index is 0.469. The van der Waals surface area contributed by atoms with Crippen molar-refractivity contribution in [2.75, 3.05) is 0 Å². The van der Waals surface area contributed by atoms with Gasteiger partial charge in [0.15, 0.2) is 0 Å². The van der Waals surface area contributed by atoms with Gasteiger partial charge in [-0.15, -0.1) is 0 Å². The molecule has 0 aliphatic carbocycles. The van der Waals surface area contributed by atoms with Gasteiger partial charge >= 0.3 is 0 Å². The lowest BCUT2D eigenvalue weighted by Gasteiger charge is -1.97. The molecule has 0 N–H and O–H groups in total. The molecule has 0 spiro atoms. The fourth-order valence-corrected chi connectivity index (χ4v) is 1.30. The first kappa shape index (κ1) is 10.5. The summed E-state index contributed by atoms with van der Waals surface area (Å²) in [6, 6.07) is 13.6. The molecule has 0 saturated heterocycles. The molecule has 0 fully saturated rings. The smallest absolute Gasteiger partial charge is 0.148 e. The predicted octanol–water partition coefficient (Wildman–Crippen LogP) is 3.14. The molecular formula is C13H13NO2. The summed E-state index contributed by atoms with van der Waals surface area (Å²) in [7, 11) is 0. The van der Waals surface area contributed by atoms with Crippen molar-refractivity contribution in [2.24, 2.45) is 5.16 Å². The maximum absolute atomic E-state index is 5.31. The molecule has 0 unspecified atom stereocenters. The van der Waals surface area contributed by atoms with E-state index < -0.39 is 0 Å². The highest BCUT2D eigenvalue weighted by Gasteiger charge is 1.93. The molecule has 0 aliphatic heterocycles. The Morgan fingerprint density at radius 3 is 2.69 bits per heavy atom. The lowest BCUT2D eigenvalue weighted by molar-refractivity contribution is 0.132. The summed E-state index contributed by atoms with van der Waals surface area (Å²) in [5.41, 5.74) is 1.09. The lowest BCUT2D eigenvalue weighted by Crippen LogP contribution is -1.86. The second-order valence-corrected chi connectivity index (χ2v) is 3.44. The van der Waals surface area contributed by atoms with Crippen molar-refractivity contribution in [2.45, 2.75) is 13.5 Å². The van der Waals surface area contributed by atoms with Gasteiger partial charge in [-0.2, -0.15) is 0 Å². The third kappa shape index (κ3) is 2.98. The van der Waals surface area contributed by atoms with Gasteiger partial charge in [-0.05, 0) is 24.6 Å². The van der Waals surface area contributed by atoms with Gasteiger partial charge in [-0.1, -0.05) is 35.5 Å². The summed E-state index contributed by atoms with van der Waals surface area (Å²) in [5, 5.41) is 3.83. The summed E-state index contributed by atoms with van der Waals surface area (Å²) < 4.78 is 5.31. The molecule has 2 aromatic rings. The number of rotatable bonds is 4.